The Hall–Kier alpha value is -4.06. The van der Waals surface area contributed by atoms with Gasteiger partial charge in [-0.1, -0.05) is 60.7 Å². The zero-order valence-electron chi connectivity index (χ0n) is 17.8. The Bertz CT molecular complexity index is 1420. The summed E-state index contributed by atoms with van der Waals surface area (Å²) in [6.45, 7) is 0.711. The van der Waals surface area contributed by atoms with Crippen LogP contribution in [-0.2, 0) is 0 Å². The van der Waals surface area contributed by atoms with E-state index in [9.17, 15) is 4.39 Å². The standard InChI is InChI=1S/C27H21FN4O/c28-21-13-7-12-19(14-21)22-15-20(22)16-29-25-23-26(31-24(30-25)17-8-3-1-4-9-17)32-27(33-23)18-10-5-2-6-11-18/h1-14,20,22H,15-16H2,(H,29,30,31). The summed E-state index contributed by atoms with van der Waals surface area (Å²) in [6, 6.07) is 26.5. The Morgan fingerprint density at radius 2 is 1.61 bits per heavy atom. The second-order valence-corrected chi connectivity index (χ2v) is 8.34. The van der Waals surface area contributed by atoms with Gasteiger partial charge in [-0.2, -0.15) is 4.98 Å². The van der Waals surface area contributed by atoms with Crippen LogP contribution < -0.4 is 5.32 Å². The molecule has 1 saturated carbocycles. The minimum Gasteiger partial charge on any atom is -0.430 e. The molecule has 33 heavy (non-hydrogen) atoms. The highest BCUT2D eigenvalue weighted by atomic mass is 19.1. The minimum absolute atomic E-state index is 0.189. The fourth-order valence-electron chi connectivity index (χ4n) is 4.21. The Balaban J connectivity index is 1.32. The van der Waals surface area contributed by atoms with E-state index in [4.69, 9.17) is 9.40 Å². The number of nitrogens with one attached hydrogen (secondary N) is 1. The second kappa shape index (κ2) is 8.13. The summed E-state index contributed by atoms with van der Waals surface area (Å²) < 4.78 is 19.7. The maximum Gasteiger partial charge on any atom is 0.229 e. The lowest BCUT2D eigenvalue weighted by molar-refractivity contribution is 0.618. The average molecular weight is 436 g/mol. The number of oxazole rings is 1. The number of nitrogens with zero attached hydrogens (tertiary/aromatic N) is 3. The summed E-state index contributed by atoms with van der Waals surface area (Å²) in [5.74, 6) is 2.31. The molecule has 2 unspecified atom stereocenters. The number of hydrogen-bond donors (Lipinski definition) is 1. The Kier molecular flexibility index (Phi) is 4.83. The molecule has 0 radical (unpaired) electrons. The number of hydrogen-bond acceptors (Lipinski definition) is 5. The molecule has 5 nitrogen and oxygen atoms in total. The molecule has 2 atom stereocenters. The summed E-state index contributed by atoms with van der Waals surface area (Å²) in [5, 5.41) is 3.46. The van der Waals surface area contributed by atoms with Gasteiger partial charge in [0.15, 0.2) is 11.6 Å². The molecule has 6 rings (SSSR count). The fourth-order valence-corrected chi connectivity index (χ4v) is 4.21. The van der Waals surface area contributed by atoms with E-state index >= 15 is 0 Å². The number of anilines is 1. The molecule has 2 heterocycles. The van der Waals surface area contributed by atoms with Gasteiger partial charge in [-0.25, -0.2) is 14.4 Å². The quantitative estimate of drug-likeness (QED) is 0.338. The predicted molar refractivity (Wildman–Crippen MR) is 126 cm³/mol. The van der Waals surface area contributed by atoms with Gasteiger partial charge in [0.05, 0.1) is 0 Å². The topological polar surface area (TPSA) is 63.8 Å². The summed E-state index contributed by atoms with van der Waals surface area (Å²) in [7, 11) is 0. The molecule has 1 N–H and O–H groups in total. The lowest BCUT2D eigenvalue weighted by Crippen LogP contribution is -2.08. The molecule has 0 spiro atoms. The van der Waals surface area contributed by atoms with E-state index in [0.29, 0.717) is 47.1 Å². The van der Waals surface area contributed by atoms with E-state index in [0.717, 1.165) is 23.1 Å². The van der Waals surface area contributed by atoms with Crippen LogP contribution in [0.4, 0.5) is 10.2 Å². The molecule has 1 fully saturated rings. The summed E-state index contributed by atoms with van der Waals surface area (Å²) >= 11 is 0. The first-order chi connectivity index (χ1) is 16.2. The van der Waals surface area contributed by atoms with Gasteiger partial charge in [-0.05, 0) is 48.1 Å². The van der Waals surface area contributed by atoms with Crippen molar-refractivity contribution in [1.82, 2.24) is 15.0 Å². The number of fused-ring (bicyclic) bond motifs is 1. The van der Waals surface area contributed by atoms with Crippen molar-refractivity contribution in [1.29, 1.82) is 0 Å². The van der Waals surface area contributed by atoms with Crippen molar-refractivity contribution in [3.63, 3.8) is 0 Å². The summed E-state index contributed by atoms with van der Waals surface area (Å²) in [4.78, 5) is 14.1. The van der Waals surface area contributed by atoms with Crippen LogP contribution in [0.25, 0.3) is 34.1 Å². The summed E-state index contributed by atoms with van der Waals surface area (Å²) in [5.41, 5.74) is 3.90. The predicted octanol–water partition coefficient (Wildman–Crippen LogP) is 6.31. The second-order valence-electron chi connectivity index (χ2n) is 8.34. The molecule has 1 aliphatic rings. The summed E-state index contributed by atoms with van der Waals surface area (Å²) in [6.07, 6.45) is 1.02. The van der Waals surface area contributed by atoms with Gasteiger partial charge in [-0.15, -0.1) is 0 Å². The number of halogens is 1. The molecule has 1 aliphatic carbocycles. The molecule has 0 saturated heterocycles. The average Bonchev–Trinajstić information content (AvgIpc) is 3.51. The van der Waals surface area contributed by atoms with Crippen LogP contribution in [0.1, 0.15) is 17.9 Å². The molecule has 3 aromatic carbocycles. The van der Waals surface area contributed by atoms with E-state index in [1.807, 2.05) is 66.7 Å². The molecule has 0 bridgehead atoms. The molecular formula is C27H21FN4O. The third-order valence-corrected chi connectivity index (χ3v) is 6.04. The zero-order chi connectivity index (χ0) is 22.2. The van der Waals surface area contributed by atoms with E-state index < -0.39 is 0 Å². The van der Waals surface area contributed by atoms with Crippen LogP contribution in [0.2, 0.25) is 0 Å². The van der Waals surface area contributed by atoms with Gasteiger partial charge in [-0.3, -0.25) is 0 Å². The molecule has 0 amide bonds. The third-order valence-electron chi connectivity index (χ3n) is 6.04. The molecule has 5 aromatic rings. The zero-order valence-corrected chi connectivity index (χ0v) is 17.8. The van der Waals surface area contributed by atoms with E-state index in [2.05, 4.69) is 15.3 Å². The number of rotatable bonds is 6. The maximum atomic E-state index is 13.6. The van der Waals surface area contributed by atoms with Crippen molar-refractivity contribution in [2.24, 2.45) is 5.92 Å². The first-order valence-electron chi connectivity index (χ1n) is 11.0. The molecule has 6 heteroatoms. The van der Waals surface area contributed by atoms with Gasteiger partial charge in [0.2, 0.25) is 17.1 Å². The van der Waals surface area contributed by atoms with Crippen LogP contribution in [0.5, 0.6) is 0 Å². The smallest absolute Gasteiger partial charge is 0.229 e. The molecule has 2 aromatic heterocycles. The SMILES string of the molecule is Fc1cccc(C2CC2CNc2nc(-c3ccccc3)nc3nc(-c4ccccc4)oc23)c1. The molecule has 0 aliphatic heterocycles. The fraction of sp³-hybridized carbons (Fsp3) is 0.148. The van der Waals surface area contributed by atoms with Gasteiger partial charge in [0.25, 0.3) is 0 Å². The third kappa shape index (κ3) is 3.96. The highest BCUT2D eigenvalue weighted by Crippen LogP contribution is 2.47. The Morgan fingerprint density at radius 1 is 0.848 bits per heavy atom. The van der Waals surface area contributed by atoms with E-state index in [1.54, 1.807) is 12.1 Å². The van der Waals surface area contributed by atoms with Crippen LogP contribution in [0.3, 0.4) is 0 Å². The van der Waals surface area contributed by atoms with Crippen molar-refractivity contribution >= 4 is 17.0 Å². The maximum absolute atomic E-state index is 13.6. The van der Waals surface area contributed by atoms with Gasteiger partial charge < -0.3 is 9.73 Å². The van der Waals surface area contributed by atoms with Crippen molar-refractivity contribution in [2.45, 2.75) is 12.3 Å². The molecular weight excluding hydrogens is 415 g/mol. The van der Waals surface area contributed by atoms with Gasteiger partial charge in [0.1, 0.15) is 5.82 Å². The van der Waals surface area contributed by atoms with Gasteiger partial charge in [0, 0.05) is 17.7 Å². The van der Waals surface area contributed by atoms with Crippen LogP contribution in [0.15, 0.2) is 89.3 Å². The largest absolute Gasteiger partial charge is 0.430 e. The molecule has 162 valence electrons. The number of aromatic nitrogens is 3. The van der Waals surface area contributed by atoms with Crippen LogP contribution in [-0.4, -0.2) is 21.5 Å². The Labute approximate surface area is 190 Å². The first kappa shape index (κ1) is 19.6. The van der Waals surface area contributed by atoms with E-state index in [-0.39, 0.29) is 5.82 Å². The van der Waals surface area contributed by atoms with Gasteiger partial charge >= 0.3 is 0 Å². The normalized spacial score (nSPS) is 17.2. The first-order valence-corrected chi connectivity index (χ1v) is 11.0. The van der Waals surface area contributed by atoms with Crippen LogP contribution >= 0.6 is 0 Å². The van der Waals surface area contributed by atoms with Crippen molar-refractivity contribution in [3.05, 3.63) is 96.3 Å². The van der Waals surface area contributed by atoms with E-state index in [1.165, 1.54) is 6.07 Å². The van der Waals surface area contributed by atoms with Crippen molar-refractivity contribution in [3.8, 4) is 22.8 Å². The minimum atomic E-state index is -0.189. The highest BCUT2D eigenvalue weighted by Gasteiger charge is 2.38. The monoisotopic (exact) mass is 436 g/mol. The van der Waals surface area contributed by atoms with Crippen molar-refractivity contribution in [2.75, 3.05) is 11.9 Å². The Morgan fingerprint density at radius 3 is 2.36 bits per heavy atom. The van der Waals surface area contributed by atoms with Crippen LogP contribution in [0, 0.1) is 11.7 Å². The highest BCUT2D eigenvalue weighted by molar-refractivity contribution is 5.84. The van der Waals surface area contributed by atoms with Crippen molar-refractivity contribution < 1.29 is 8.81 Å². The lowest BCUT2D eigenvalue weighted by Gasteiger charge is -2.08. The number of benzene rings is 3. The lowest BCUT2D eigenvalue weighted by atomic mass is 10.1.